The standard InChI is InChI=1S/C25H29ClN4OS/c1-19-6-4-7-21(16-19)30-14-12-29(13-15-30)11-5-10-27-24(31)17-20-18-32-25(28-20)22-8-2-3-9-23(22)26/h2-4,6-9,16,18H,5,10-15,17H2,1H3,(H,27,31). The molecule has 0 spiro atoms. The van der Waals surface area contributed by atoms with Gasteiger partial charge in [-0.2, -0.15) is 0 Å². The van der Waals surface area contributed by atoms with Crippen molar-refractivity contribution in [1.29, 1.82) is 0 Å². The number of thiazole rings is 1. The van der Waals surface area contributed by atoms with Crippen LogP contribution in [0.1, 0.15) is 17.7 Å². The third-order valence-electron chi connectivity index (χ3n) is 5.71. The van der Waals surface area contributed by atoms with Gasteiger partial charge in [0.2, 0.25) is 5.91 Å². The molecule has 7 heteroatoms. The quantitative estimate of drug-likeness (QED) is 0.489. The second kappa shape index (κ2) is 10.9. The highest BCUT2D eigenvalue weighted by atomic mass is 35.5. The van der Waals surface area contributed by atoms with Gasteiger partial charge in [-0.25, -0.2) is 4.98 Å². The van der Waals surface area contributed by atoms with Crippen molar-refractivity contribution >= 4 is 34.5 Å². The van der Waals surface area contributed by atoms with Crippen molar-refractivity contribution < 1.29 is 4.79 Å². The summed E-state index contributed by atoms with van der Waals surface area (Å²) in [6.45, 7) is 8.06. The summed E-state index contributed by atoms with van der Waals surface area (Å²) in [6.07, 6.45) is 1.26. The topological polar surface area (TPSA) is 48.5 Å². The number of benzene rings is 2. The van der Waals surface area contributed by atoms with Gasteiger partial charge >= 0.3 is 0 Å². The van der Waals surface area contributed by atoms with Gasteiger partial charge in [-0.3, -0.25) is 9.69 Å². The first-order valence-corrected chi connectivity index (χ1v) is 12.3. The van der Waals surface area contributed by atoms with Crippen molar-refractivity contribution in [2.75, 3.05) is 44.2 Å². The monoisotopic (exact) mass is 468 g/mol. The van der Waals surface area contributed by atoms with Gasteiger partial charge in [0, 0.05) is 49.4 Å². The molecule has 2 aromatic carbocycles. The number of aromatic nitrogens is 1. The molecule has 0 radical (unpaired) electrons. The lowest BCUT2D eigenvalue weighted by Gasteiger charge is -2.36. The Morgan fingerprint density at radius 3 is 2.72 bits per heavy atom. The summed E-state index contributed by atoms with van der Waals surface area (Å²) in [5.74, 6) is 0.0188. The summed E-state index contributed by atoms with van der Waals surface area (Å²) >= 11 is 7.77. The lowest BCUT2D eigenvalue weighted by atomic mass is 10.2. The second-order valence-corrected chi connectivity index (χ2v) is 9.44. The highest BCUT2D eigenvalue weighted by Gasteiger charge is 2.17. The Kier molecular flexibility index (Phi) is 7.79. The van der Waals surface area contributed by atoms with Crippen LogP contribution in [0.4, 0.5) is 5.69 Å². The highest BCUT2D eigenvalue weighted by Crippen LogP contribution is 2.30. The molecule has 1 fully saturated rings. The van der Waals surface area contributed by atoms with Crippen LogP contribution >= 0.6 is 22.9 Å². The maximum absolute atomic E-state index is 12.3. The Balaban J connectivity index is 1.15. The van der Waals surface area contributed by atoms with E-state index in [1.807, 2.05) is 29.6 Å². The Morgan fingerprint density at radius 2 is 1.94 bits per heavy atom. The van der Waals surface area contributed by atoms with Crippen LogP contribution in [0, 0.1) is 6.92 Å². The summed E-state index contributed by atoms with van der Waals surface area (Å²) in [4.78, 5) is 21.8. The van der Waals surface area contributed by atoms with Crippen molar-refractivity contribution in [3.05, 3.63) is 70.2 Å². The van der Waals surface area contributed by atoms with E-state index in [0.29, 0.717) is 18.0 Å². The van der Waals surface area contributed by atoms with Gasteiger partial charge in [0.25, 0.3) is 0 Å². The van der Waals surface area contributed by atoms with E-state index in [4.69, 9.17) is 11.6 Å². The van der Waals surface area contributed by atoms with Crippen molar-refractivity contribution in [2.45, 2.75) is 19.8 Å². The van der Waals surface area contributed by atoms with E-state index in [0.717, 1.165) is 55.4 Å². The average molecular weight is 469 g/mol. The smallest absolute Gasteiger partial charge is 0.226 e. The van der Waals surface area contributed by atoms with E-state index in [-0.39, 0.29) is 5.91 Å². The summed E-state index contributed by atoms with van der Waals surface area (Å²) in [7, 11) is 0. The molecule has 0 saturated carbocycles. The third kappa shape index (κ3) is 6.09. The number of halogens is 1. The number of hydrogen-bond acceptors (Lipinski definition) is 5. The zero-order valence-corrected chi connectivity index (χ0v) is 20.0. The molecule has 1 aliphatic rings. The third-order valence-corrected chi connectivity index (χ3v) is 6.96. The van der Waals surface area contributed by atoms with Crippen LogP contribution in [0.3, 0.4) is 0 Å². The second-order valence-electron chi connectivity index (χ2n) is 8.17. The molecule has 0 aliphatic carbocycles. The van der Waals surface area contributed by atoms with E-state index in [1.54, 1.807) is 0 Å². The van der Waals surface area contributed by atoms with E-state index >= 15 is 0 Å². The number of piperazine rings is 1. The van der Waals surface area contributed by atoms with Gasteiger partial charge in [-0.1, -0.05) is 41.9 Å². The molecule has 0 bridgehead atoms. The molecule has 0 unspecified atom stereocenters. The molecular formula is C25H29ClN4OS. The van der Waals surface area contributed by atoms with Crippen molar-refractivity contribution in [1.82, 2.24) is 15.2 Å². The van der Waals surface area contributed by atoms with E-state index < -0.39 is 0 Å². The lowest BCUT2D eigenvalue weighted by Crippen LogP contribution is -2.47. The maximum atomic E-state index is 12.3. The fourth-order valence-electron chi connectivity index (χ4n) is 3.96. The van der Waals surface area contributed by atoms with Gasteiger partial charge in [0.1, 0.15) is 5.01 Å². The van der Waals surface area contributed by atoms with E-state index in [1.165, 1.54) is 22.6 Å². The molecular weight excluding hydrogens is 440 g/mol. The van der Waals surface area contributed by atoms with Crippen LogP contribution in [0.15, 0.2) is 53.9 Å². The zero-order chi connectivity index (χ0) is 22.3. The number of carbonyl (C=O) groups excluding carboxylic acids is 1. The van der Waals surface area contributed by atoms with Gasteiger partial charge in [-0.15, -0.1) is 11.3 Å². The number of anilines is 1. The molecule has 1 amide bonds. The number of amides is 1. The van der Waals surface area contributed by atoms with Gasteiger partial charge < -0.3 is 10.2 Å². The predicted molar refractivity (Wildman–Crippen MR) is 134 cm³/mol. The minimum Gasteiger partial charge on any atom is -0.369 e. The molecule has 1 aromatic heterocycles. The first-order valence-electron chi connectivity index (χ1n) is 11.1. The van der Waals surface area contributed by atoms with Crippen molar-refractivity contribution in [2.24, 2.45) is 0 Å². The Labute approximate surface area is 199 Å². The highest BCUT2D eigenvalue weighted by molar-refractivity contribution is 7.13. The SMILES string of the molecule is Cc1cccc(N2CCN(CCCNC(=O)Cc3csc(-c4ccccc4Cl)n3)CC2)c1. The van der Waals surface area contributed by atoms with Crippen LogP contribution in [-0.4, -0.2) is 55.1 Å². The van der Waals surface area contributed by atoms with Crippen LogP contribution in [0.25, 0.3) is 10.6 Å². The molecule has 5 nitrogen and oxygen atoms in total. The number of carbonyl (C=O) groups is 1. The molecule has 32 heavy (non-hydrogen) atoms. The molecule has 168 valence electrons. The predicted octanol–water partition coefficient (Wildman–Crippen LogP) is 4.64. The molecule has 0 atom stereocenters. The Hall–Kier alpha value is -2.41. The molecule has 1 aliphatic heterocycles. The average Bonchev–Trinajstić information content (AvgIpc) is 3.25. The summed E-state index contributed by atoms with van der Waals surface area (Å²) < 4.78 is 0. The van der Waals surface area contributed by atoms with Crippen molar-refractivity contribution in [3.63, 3.8) is 0 Å². The van der Waals surface area contributed by atoms with Crippen molar-refractivity contribution in [3.8, 4) is 10.6 Å². The van der Waals surface area contributed by atoms with Gasteiger partial charge in [0.05, 0.1) is 17.1 Å². The molecule has 4 rings (SSSR count). The molecule has 2 heterocycles. The first-order chi connectivity index (χ1) is 15.6. The fraction of sp³-hybridized carbons (Fsp3) is 0.360. The fourth-order valence-corrected chi connectivity index (χ4v) is 5.10. The van der Waals surface area contributed by atoms with Gasteiger partial charge in [0.15, 0.2) is 0 Å². The Morgan fingerprint density at radius 1 is 1.12 bits per heavy atom. The molecule has 1 saturated heterocycles. The molecule has 3 aromatic rings. The first kappa shape index (κ1) is 22.8. The largest absolute Gasteiger partial charge is 0.369 e. The van der Waals surface area contributed by atoms with Gasteiger partial charge in [-0.05, 0) is 43.7 Å². The molecule has 1 N–H and O–H groups in total. The van der Waals surface area contributed by atoms with Crippen LogP contribution in [0.5, 0.6) is 0 Å². The van der Waals surface area contributed by atoms with E-state index in [9.17, 15) is 4.79 Å². The normalized spacial score (nSPS) is 14.5. The lowest BCUT2D eigenvalue weighted by molar-refractivity contribution is -0.120. The number of nitrogens with one attached hydrogen (secondary N) is 1. The number of rotatable bonds is 8. The van der Waals surface area contributed by atoms with E-state index in [2.05, 4.69) is 51.3 Å². The van der Waals surface area contributed by atoms with Crippen LogP contribution < -0.4 is 10.2 Å². The maximum Gasteiger partial charge on any atom is 0.226 e. The summed E-state index contributed by atoms with van der Waals surface area (Å²) in [5.41, 5.74) is 4.32. The summed E-state index contributed by atoms with van der Waals surface area (Å²) in [5, 5.41) is 6.50. The number of hydrogen-bond donors (Lipinski definition) is 1. The number of nitrogens with zero attached hydrogens (tertiary/aromatic N) is 3. The van der Waals surface area contributed by atoms with Crippen LogP contribution in [0.2, 0.25) is 5.02 Å². The Bertz CT molecular complexity index is 1050. The number of aryl methyl sites for hydroxylation is 1. The minimum atomic E-state index is 0.0188. The summed E-state index contributed by atoms with van der Waals surface area (Å²) in [6, 6.07) is 16.4. The minimum absolute atomic E-state index is 0.0188. The van der Waals surface area contributed by atoms with Crippen LogP contribution in [-0.2, 0) is 11.2 Å². The zero-order valence-electron chi connectivity index (χ0n) is 18.4.